The normalized spacial score (nSPS) is 11.9. The van der Waals surface area contributed by atoms with Gasteiger partial charge in [0.05, 0.1) is 5.52 Å². The molecule has 0 aliphatic rings. The van der Waals surface area contributed by atoms with Crippen LogP contribution in [0.25, 0.3) is 10.9 Å². The number of imide groups is 1. The minimum Gasteiger partial charge on any atom is -0.507 e. The van der Waals surface area contributed by atoms with E-state index in [1.54, 1.807) is 65.8 Å². The topological polar surface area (TPSA) is 89.0 Å². The monoisotopic (exact) mass is 360 g/mol. The van der Waals surface area contributed by atoms with Crippen molar-refractivity contribution < 1.29 is 24.2 Å². The van der Waals surface area contributed by atoms with Gasteiger partial charge in [-0.05, 0) is 53.7 Å². The Labute approximate surface area is 152 Å². The van der Waals surface area contributed by atoms with E-state index < -0.39 is 23.4 Å². The molecule has 1 aromatic heterocycles. The highest BCUT2D eigenvalue weighted by Gasteiger charge is 2.34. The number of pyridine rings is 1. The maximum Gasteiger partial charge on any atom is 0.425 e. The third-order valence-corrected chi connectivity index (χ3v) is 3.06. The maximum atomic E-state index is 12.6. The first kappa shape index (κ1) is 19.5. The lowest BCUT2D eigenvalue weighted by molar-refractivity contribution is 0.0429. The van der Waals surface area contributed by atoms with Gasteiger partial charge in [-0.2, -0.15) is 4.90 Å². The van der Waals surface area contributed by atoms with Crippen LogP contribution < -0.4 is 4.90 Å². The minimum absolute atomic E-state index is 0.0790. The standard InChI is InChI=1S/C19H24N2O5/c1-18(2,3)25-16(23)21(17(24)26-19(4,5)6)15-11-14(22)12-9-7-8-10-13(12)20-15/h7-11H,1-6H3,(H,20,22). The van der Waals surface area contributed by atoms with Crippen molar-refractivity contribution in [2.24, 2.45) is 0 Å². The summed E-state index contributed by atoms with van der Waals surface area (Å²) in [4.78, 5) is 30.2. The van der Waals surface area contributed by atoms with Gasteiger partial charge in [0.25, 0.3) is 0 Å². The average molecular weight is 360 g/mol. The number of hydrogen-bond donors (Lipinski definition) is 1. The lowest BCUT2D eigenvalue weighted by atomic mass is 10.2. The number of anilines is 1. The van der Waals surface area contributed by atoms with Crippen LogP contribution in [0.3, 0.4) is 0 Å². The summed E-state index contributed by atoms with van der Waals surface area (Å²) in [5.41, 5.74) is -1.22. The van der Waals surface area contributed by atoms with Crippen LogP contribution in [-0.4, -0.2) is 33.5 Å². The lowest BCUT2D eigenvalue weighted by Crippen LogP contribution is -2.44. The van der Waals surface area contributed by atoms with Crippen LogP contribution in [0.15, 0.2) is 30.3 Å². The summed E-state index contributed by atoms with van der Waals surface area (Å²) in [5.74, 6) is -0.188. The number of aromatic nitrogens is 1. The molecule has 140 valence electrons. The molecule has 26 heavy (non-hydrogen) atoms. The number of nitrogens with zero attached hydrogens (tertiary/aromatic N) is 2. The molecule has 0 unspecified atom stereocenters. The molecule has 7 nitrogen and oxygen atoms in total. The Balaban J connectivity index is 2.52. The molecule has 0 bridgehead atoms. The third-order valence-electron chi connectivity index (χ3n) is 3.06. The fraction of sp³-hybridized carbons (Fsp3) is 0.421. The Hall–Kier alpha value is -2.83. The predicted octanol–water partition coefficient (Wildman–Crippen LogP) is 4.62. The van der Waals surface area contributed by atoms with Crippen molar-refractivity contribution in [2.75, 3.05) is 4.90 Å². The number of rotatable bonds is 1. The number of para-hydroxylation sites is 1. The Morgan fingerprint density at radius 2 is 1.46 bits per heavy atom. The number of ether oxygens (including phenoxy) is 2. The van der Waals surface area contributed by atoms with E-state index in [1.807, 2.05) is 0 Å². The van der Waals surface area contributed by atoms with Crippen LogP contribution >= 0.6 is 0 Å². The molecule has 0 atom stereocenters. The van der Waals surface area contributed by atoms with Crippen molar-refractivity contribution in [1.82, 2.24) is 4.98 Å². The van der Waals surface area contributed by atoms with E-state index in [0.29, 0.717) is 15.8 Å². The summed E-state index contributed by atoms with van der Waals surface area (Å²) in [6, 6.07) is 8.08. The number of carbonyl (C=O) groups excluding carboxylic acids is 2. The van der Waals surface area contributed by atoms with Crippen molar-refractivity contribution >= 4 is 28.9 Å². The summed E-state index contributed by atoms with van der Waals surface area (Å²) < 4.78 is 10.6. The molecule has 0 saturated heterocycles. The van der Waals surface area contributed by atoms with E-state index in [4.69, 9.17) is 9.47 Å². The molecule has 0 aliphatic heterocycles. The molecule has 2 amide bonds. The Kier molecular flexibility index (Phi) is 5.11. The fourth-order valence-electron chi connectivity index (χ4n) is 2.13. The molecule has 1 N–H and O–H groups in total. The first-order valence-corrected chi connectivity index (χ1v) is 8.22. The van der Waals surface area contributed by atoms with E-state index in [2.05, 4.69) is 4.98 Å². The van der Waals surface area contributed by atoms with Crippen LogP contribution in [0.1, 0.15) is 41.5 Å². The fourth-order valence-corrected chi connectivity index (χ4v) is 2.13. The zero-order valence-corrected chi connectivity index (χ0v) is 15.9. The molecule has 0 spiro atoms. The number of amides is 2. The maximum absolute atomic E-state index is 12.6. The van der Waals surface area contributed by atoms with Crippen molar-refractivity contribution in [2.45, 2.75) is 52.7 Å². The number of aromatic hydroxyl groups is 1. The molecule has 0 radical (unpaired) electrons. The first-order valence-electron chi connectivity index (χ1n) is 8.22. The van der Waals surface area contributed by atoms with Gasteiger partial charge in [-0.3, -0.25) is 0 Å². The van der Waals surface area contributed by atoms with E-state index in [-0.39, 0.29) is 11.6 Å². The summed E-state index contributed by atoms with van der Waals surface area (Å²) >= 11 is 0. The zero-order chi connectivity index (χ0) is 19.7. The summed E-state index contributed by atoms with van der Waals surface area (Å²) in [6.07, 6.45) is -1.87. The Morgan fingerprint density at radius 1 is 0.962 bits per heavy atom. The van der Waals surface area contributed by atoms with Gasteiger partial charge in [-0.1, -0.05) is 12.1 Å². The van der Waals surface area contributed by atoms with Gasteiger partial charge in [-0.15, -0.1) is 0 Å². The van der Waals surface area contributed by atoms with Gasteiger partial charge < -0.3 is 14.6 Å². The van der Waals surface area contributed by atoms with Crippen LogP contribution in [0.5, 0.6) is 5.75 Å². The Bertz CT molecular complexity index is 806. The second-order valence-corrected chi connectivity index (χ2v) is 7.81. The summed E-state index contributed by atoms with van der Waals surface area (Å²) in [6.45, 7) is 10.1. The first-order chi connectivity index (χ1) is 11.9. The van der Waals surface area contributed by atoms with Gasteiger partial charge in [0.1, 0.15) is 17.0 Å². The molecule has 1 heterocycles. The largest absolute Gasteiger partial charge is 0.507 e. The lowest BCUT2D eigenvalue weighted by Gasteiger charge is -2.28. The van der Waals surface area contributed by atoms with E-state index in [0.717, 1.165) is 0 Å². The predicted molar refractivity (Wildman–Crippen MR) is 98.4 cm³/mol. The second kappa shape index (κ2) is 6.82. The van der Waals surface area contributed by atoms with Crippen LogP contribution in [0, 0.1) is 0 Å². The highest BCUT2D eigenvalue weighted by Crippen LogP contribution is 2.29. The molecule has 2 aromatic rings. The van der Waals surface area contributed by atoms with Crippen LogP contribution in [0.4, 0.5) is 15.4 Å². The molecular formula is C19H24N2O5. The summed E-state index contributed by atoms with van der Waals surface area (Å²) in [5, 5.41) is 10.8. The van der Waals surface area contributed by atoms with Gasteiger partial charge in [0.15, 0.2) is 5.82 Å². The van der Waals surface area contributed by atoms with E-state index in [9.17, 15) is 14.7 Å². The van der Waals surface area contributed by atoms with Crippen LogP contribution in [0.2, 0.25) is 0 Å². The highest BCUT2D eigenvalue weighted by molar-refractivity contribution is 6.09. The number of hydrogen-bond acceptors (Lipinski definition) is 6. The molecule has 1 aromatic carbocycles. The average Bonchev–Trinajstić information content (AvgIpc) is 2.43. The molecule has 7 heteroatoms. The molecule has 0 saturated carbocycles. The number of benzene rings is 1. The second-order valence-electron chi connectivity index (χ2n) is 7.81. The zero-order valence-electron chi connectivity index (χ0n) is 15.9. The van der Waals surface area contributed by atoms with Crippen molar-refractivity contribution in [1.29, 1.82) is 0 Å². The van der Waals surface area contributed by atoms with Gasteiger partial charge >= 0.3 is 12.2 Å². The van der Waals surface area contributed by atoms with Gasteiger partial charge in [0, 0.05) is 11.5 Å². The molecule has 2 rings (SSSR count). The van der Waals surface area contributed by atoms with E-state index >= 15 is 0 Å². The SMILES string of the molecule is CC(C)(C)OC(=O)N(C(=O)OC(C)(C)C)c1cc(O)c2ccccc2n1. The summed E-state index contributed by atoms with van der Waals surface area (Å²) in [7, 11) is 0. The third kappa shape index (κ3) is 4.84. The van der Waals surface area contributed by atoms with Crippen molar-refractivity contribution in [3.63, 3.8) is 0 Å². The quantitative estimate of drug-likeness (QED) is 0.798. The number of carbonyl (C=O) groups is 2. The molecule has 0 fully saturated rings. The molecule has 0 aliphatic carbocycles. The molecular weight excluding hydrogens is 336 g/mol. The van der Waals surface area contributed by atoms with Crippen LogP contribution in [-0.2, 0) is 9.47 Å². The van der Waals surface area contributed by atoms with Crippen molar-refractivity contribution in [3.8, 4) is 5.75 Å². The number of fused-ring (bicyclic) bond motifs is 1. The van der Waals surface area contributed by atoms with Gasteiger partial charge in [0.2, 0.25) is 0 Å². The Morgan fingerprint density at radius 3 is 1.96 bits per heavy atom. The smallest absolute Gasteiger partial charge is 0.425 e. The van der Waals surface area contributed by atoms with Gasteiger partial charge in [-0.25, -0.2) is 14.6 Å². The minimum atomic E-state index is -0.936. The van der Waals surface area contributed by atoms with Crippen molar-refractivity contribution in [3.05, 3.63) is 30.3 Å². The van der Waals surface area contributed by atoms with E-state index in [1.165, 1.54) is 6.07 Å². The highest BCUT2D eigenvalue weighted by atomic mass is 16.6.